The first-order chi connectivity index (χ1) is 7.24. The van der Waals surface area contributed by atoms with Crippen molar-refractivity contribution in [1.82, 2.24) is 10.2 Å². The molecule has 0 aromatic carbocycles. The average molecular weight is 226 g/mol. The molecule has 2 atom stereocenters. The predicted molar refractivity (Wildman–Crippen MR) is 62.1 cm³/mol. The maximum Gasteiger partial charge on any atom is 0.153 e. The van der Waals surface area contributed by atoms with Crippen LogP contribution in [0.2, 0.25) is 5.15 Å². The minimum absolute atomic E-state index is 0.448. The standard InChI is InChI=1S/C11H16ClN3/c1-8-3-2-4-9(5-8)14-10-6-11(12)15-13-7-10/h6-9H,2-5H2,1H3,(H,14,15). The van der Waals surface area contributed by atoms with Crippen LogP contribution < -0.4 is 5.32 Å². The molecule has 4 heteroatoms. The Kier molecular flexibility index (Phi) is 3.41. The van der Waals surface area contributed by atoms with Gasteiger partial charge in [0.05, 0.1) is 11.9 Å². The molecule has 1 fully saturated rings. The first-order valence-corrected chi connectivity index (χ1v) is 5.86. The highest BCUT2D eigenvalue weighted by atomic mass is 35.5. The molecule has 1 aliphatic rings. The smallest absolute Gasteiger partial charge is 0.153 e. The van der Waals surface area contributed by atoms with Crippen molar-refractivity contribution in [2.45, 2.75) is 38.6 Å². The van der Waals surface area contributed by atoms with E-state index in [0.717, 1.165) is 11.6 Å². The van der Waals surface area contributed by atoms with Crippen molar-refractivity contribution in [3.8, 4) is 0 Å². The van der Waals surface area contributed by atoms with Crippen LogP contribution in [0.3, 0.4) is 0 Å². The zero-order valence-corrected chi connectivity index (χ0v) is 9.67. The van der Waals surface area contributed by atoms with Gasteiger partial charge in [-0.25, -0.2) is 0 Å². The molecule has 0 spiro atoms. The highest BCUT2D eigenvalue weighted by Crippen LogP contribution is 2.26. The van der Waals surface area contributed by atoms with Gasteiger partial charge in [0.25, 0.3) is 0 Å². The van der Waals surface area contributed by atoms with Crippen LogP contribution in [0.1, 0.15) is 32.6 Å². The van der Waals surface area contributed by atoms with E-state index in [4.69, 9.17) is 11.6 Å². The lowest BCUT2D eigenvalue weighted by molar-refractivity contribution is 0.358. The quantitative estimate of drug-likeness (QED) is 0.841. The Balaban J connectivity index is 1.96. The number of nitrogens with one attached hydrogen (secondary N) is 1. The van der Waals surface area contributed by atoms with Crippen LogP contribution in [-0.2, 0) is 0 Å². The Morgan fingerprint density at radius 3 is 3.07 bits per heavy atom. The first kappa shape index (κ1) is 10.7. The molecular weight excluding hydrogens is 210 g/mol. The Morgan fingerprint density at radius 2 is 2.33 bits per heavy atom. The van der Waals surface area contributed by atoms with Gasteiger partial charge >= 0.3 is 0 Å². The summed E-state index contributed by atoms with van der Waals surface area (Å²) in [5, 5.41) is 11.5. The van der Waals surface area contributed by atoms with E-state index in [1.807, 2.05) is 6.07 Å². The molecule has 0 bridgehead atoms. The molecule has 0 amide bonds. The molecule has 1 aliphatic carbocycles. The van der Waals surface area contributed by atoms with Crippen LogP contribution in [0.15, 0.2) is 12.3 Å². The third kappa shape index (κ3) is 3.06. The van der Waals surface area contributed by atoms with Gasteiger partial charge in [0.15, 0.2) is 5.15 Å². The van der Waals surface area contributed by atoms with Crippen LogP contribution in [-0.4, -0.2) is 16.2 Å². The Hall–Kier alpha value is -0.830. The Labute approximate surface area is 95.2 Å². The van der Waals surface area contributed by atoms with E-state index in [1.165, 1.54) is 25.7 Å². The summed E-state index contributed by atoms with van der Waals surface area (Å²) < 4.78 is 0. The van der Waals surface area contributed by atoms with Crippen molar-refractivity contribution >= 4 is 17.3 Å². The van der Waals surface area contributed by atoms with Gasteiger partial charge in [-0.05, 0) is 18.8 Å². The van der Waals surface area contributed by atoms with Crippen LogP contribution in [0.4, 0.5) is 5.69 Å². The average Bonchev–Trinajstić information content (AvgIpc) is 2.17. The lowest BCUT2D eigenvalue weighted by Gasteiger charge is -2.28. The molecule has 1 aromatic heterocycles. The highest BCUT2D eigenvalue weighted by molar-refractivity contribution is 6.29. The van der Waals surface area contributed by atoms with Gasteiger partial charge in [0.1, 0.15) is 0 Å². The fourth-order valence-corrected chi connectivity index (χ4v) is 2.38. The van der Waals surface area contributed by atoms with Gasteiger partial charge in [-0.2, -0.15) is 5.10 Å². The third-order valence-corrected chi connectivity index (χ3v) is 3.12. The maximum atomic E-state index is 5.78. The molecule has 2 unspecified atom stereocenters. The molecule has 82 valence electrons. The normalized spacial score (nSPS) is 26.3. The zero-order chi connectivity index (χ0) is 10.7. The minimum Gasteiger partial charge on any atom is -0.381 e. The topological polar surface area (TPSA) is 37.8 Å². The molecule has 1 N–H and O–H groups in total. The van der Waals surface area contributed by atoms with E-state index < -0.39 is 0 Å². The second-order valence-electron chi connectivity index (χ2n) is 4.38. The molecule has 15 heavy (non-hydrogen) atoms. The summed E-state index contributed by atoms with van der Waals surface area (Å²) in [7, 11) is 0. The van der Waals surface area contributed by atoms with E-state index in [-0.39, 0.29) is 0 Å². The van der Waals surface area contributed by atoms with Crippen LogP contribution in [0, 0.1) is 5.92 Å². The largest absolute Gasteiger partial charge is 0.381 e. The van der Waals surface area contributed by atoms with Crippen molar-refractivity contribution in [3.05, 3.63) is 17.4 Å². The summed E-state index contributed by atoms with van der Waals surface area (Å²) in [6.45, 7) is 2.31. The van der Waals surface area contributed by atoms with Crippen LogP contribution in [0.25, 0.3) is 0 Å². The lowest BCUT2D eigenvalue weighted by Crippen LogP contribution is -2.26. The number of rotatable bonds is 2. The summed E-state index contributed by atoms with van der Waals surface area (Å²) >= 11 is 5.78. The fourth-order valence-electron chi connectivity index (χ4n) is 2.22. The number of anilines is 1. The summed E-state index contributed by atoms with van der Waals surface area (Å²) in [5.41, 5.74) is 0.981. The summed E-state index contributed by atoms with van der Waals surface area (Å²) in [6, 6.07) is 2.39. The predicted octanol–water partition coefficient (Wildman–Crippen LogP) is 3.12. The lowest BCUT2D eigenvalue weighted by atomic mass is 9.87. The second kappa shape index (κ2) is 4.79. The molecular formula is C11H16ClN3. The Morgan fingerprint density at radius 1 is 1.47 bits per heavy atom. The number of aromatic nitrogens is 2. The monoisotopic (exact) mass is 225 g/mol. The van der Waals surface area contributed by atoms with E-state index in [9.17, 15) is 0 Å². The van der Waals surface area contributed by atoms with Crippen molar-refractivity contribution in [1.29, 1.82) is 0 Å². The van der Waals surface area contributed by atoms with Crippen molar-refractivity contribution in [3.63, 3.8) is 0 Å². The molecule has 0 aliphatic heterocycles. The van der Waals surface area contributed by atoms with Crippen LogP contribution in [0.5, 0.6) is 0 Å². The van der Waals surface area contributed by atoms with Crippen LogP contribution >= 0.6 is 11.6 Å². The number of nitrogens with zero attached hydrogens (tertiary/aromatic N) is 2. The molecule has 0 saturated heterocycles. The van der Waals surface area contributed by atoms with Gasteiger partial charge < -0.3 is 5.32 Å². The van der Waals surface area contributed by atoms with Gasteiger partial charge in [-0.3, -0.25) is 0 Å². The van der Waals surface area contributed by atoms with E-state index in [2.05, 4.69) is 22.4 Å². The molecule has 3 nitrogen and oxygen atoms in total. The number of hydrogen-bond acceptors (Lipinski definition) is 3. The minimum atomic E-state index is 0.448. The molecule has 0 radical (unpaired) electrons. The van der Waals surface area contributed by atoms with Crippen molar-refractivity contribution in [2.24, 2.45) is 5.92 Å². The van der Waals surface area contributed by atoms with Crippen molar-refractivity contribution < 1.29 is 0 Å². The van der Waals surface area contributed by atoms with Gasteiger partial charge in [0.2, 0.25) is 0 Å². The molecule has 1 aromatic rings. The number of hydrogen-bond donors (Lipinski definition) is 1. The van der Waals surface area contributed by atoms with Gasteiger partial charge in [0, 0.05) is 12.1 Å². The zero-order valence-electron chi connectivity index (χ0n) is 8.91. The molecule has 1 saturated carbocycles. The number of halogens is 1. The maximum absolute atomic E-state index is 5.78. The first-order valence-electron chi connectivity index (χ1n) is 5.49. The third-order valence-electron chi connectivity index (χ3n) is 2.93. The Bertz CT molecular complexity index is 329. The second-order valence-corrected chi connectivity index (χ2v) is 4.77. The van der Waals surface area contributed by atoms with Gasteiger partial charge in [-0.1, -0.05) is 31.4 Å². The molecule has 1 heterocycles. The summed E-state index contributed by atoms with van der Waals surface area (Å²) in [4.78, 5) is 0. The fraction of sp³-hybridized carbons (Fsp3) is 0.636. The van der Waals surface area contributed by atoms with E-state index in [1.54, 1.807) is 6.20 Å². The van der Waals surface area contributed by atoms with Gasteiger partial charge in [-0.15, -0.1) is 5.10 Å². The van der Waals surface area contributed by atoms with E-state index in [0.29, 0.717) is 11.2 Å². The summed E-state index contributed by atoms with van der Waals surface area (Å²) in [6.07, 6.45) is 6.87. The molecule has 2 rings (SSSR count). The highest BCUT2D eigenvalue weighted by Gasteiger charge is 2.18. The SMILES string of the molecule is CC1CCCC(Nc2cnnc(Cl)c2)C1. The van der Waals surface area contributed by atoms with Crippen molar-refractivity contribution in [2.75, 3.05) is 5.32 Å². The van der Waals surface area contributed by atoms with E-state index >= 15 is 0 Å². The summed E-state index contributed by atoms with van der Waals surface area (Å²) in [5.74, 6) is 0.821.